The number of anilines is 4. The van der Waals surface area contributed by atoms with Gasteiger partial charge in [-0.1, -0.05) is 12.1 Å². The Bertz CT molecular complexity index is 1450. The molecule has 5 aliphatic rings. The molecule has 2 aromatic carbocycles. The monoisotopic (exact) mass is 596 g/mol. The molecule has 0 spiro atoms. The molecule has 0 saturated carbocycles. The van der Waals surface area contributed by atoms with E-state index in [4.69, 9.17) is 19.7 Å². The third-order valence-corrected chi connectivity index (χ3v) is 10.3. The fourth-order valence-corrected chi connectivity index (χ4v) is 7.50. The van der Waals surface area contributed by atoms with Crippen molar-refractivity contribution in [3.05, 3.63) is 54.1 Å². The van der Waals surface area contributed by atoms with E-state index in [-0.39, 0.29) is 12.1 Å². The first-order chi connectivity index (χ1) is 21.4. The van der Waals surface area contributed by atoms with E-state index in [1.54, 1.807) is 0 Å². The van der Waals surface area contributed by atoms with E-state index in [9.17, 15) is 4.79 Å². The molecule has 5 saturated heterocycles. The van der Waals surface area contributed by atoms with Gasteiger partial charge in [0, 0.05) is 35.6 Å². The Kier molecular flexibility index (Phi) is 7.88. The molecule has 232 valence electrons. The lowest BCUT2D eigenvalue weighted by Gasteiger charge is -2.48. The van der Waals surface area contributed by atoms with Gasteiger partial charge in [-0.05, 0) is 120 Å². The van der Waals surface area contributed by atoms with Crippen molar-refractivity contribution < 1.29 is 9.53 Å². The average Bonchev–Trinajstić information content (AvgIpc) is 3.39. The zero-order chi connectivity index (χ0) is 30.3. The van der Waals surface area contributed by atoms with Crippen LogP contribution < -0.4 is 20.4 Å². The van der Waals surface area contributed by atoms with Crippen LogP contribution >= 0.6 is 0 Å². The minimum absolute atomic E-state index is 0.182. The van der Waals surface area contributed by atoms with Gasteiger partial charge < -0.3 is 30.1 Å². The first kappa shape index (κ1) is 29.0. The molecule has 5 fully saturated rings. The number of nitrogens with zero attached hydrogens (tertiary/aromatic N) is 6. The highest BCUT2D eigenvalue weighted by Crippen LogP contribution is 2.43. The summed E-state index contributed by atoms with van der Waals surface area (Å²) in [6.07, 6.45) is 5.93. The zero-order valence-corrected chi connectivity index (χ0v) is 26.1. The average molecular weight is 597 g/mol. The van der Waals surface area contributed by atoms with Crippen LogP contribution in [0.15, 0.2) is 48.5 Å². The highest BCUT2D eigenvalue weighted by Gasteiger charge is 2.40. The quantitative estimate of drug-likeness (QED) is 0.384. The topological polar surface area (TPSA) is 98.7 Å². The minimum atomic E-state index is -0.266. The van der Waals surface area contributed by atoms with Crippen LogP contribution in [0, 0.1) is 0 Å². The standard InChI is InChI=1S/C34H44N8O2/c1-23-4-5-24(2)42(23)32-38-30(37-31(39-32)41-20-21-44-22-25(41)3)26-6-10-28(11-7-26)35-33(43)36-29-12-8-27(9-13-29)34-14-17-40(18-15-34)19-16-34/h6-13,23-25H,4-5,14-22H2,1-3H3,(H2,35,36,43). The first-order valence-corrected chi connectivity index (χ1v) is 16.3. The highest BCUT2D eigenvalue weighted by atomic mass is 16.5. The lowest BCUT2D eigenvalue weighted by atomic mass is 9.67. The van der Waals surface area contributed by atoms with Crippen LogP contribution in [0.1, 0.15) is 58.4 Å². The second-order valence-corrected chi connectivity index (χ2v) is 13.2. The number of carbonyl (C=O) groups excluding carboxylic acids is 1. The molecule has 3 aromatic rings. The van der Waals surface area contributed by atoms with Crippen LogP contribution in [0.2, 0.25) is 0 Å². The van der Waals surface area contributed by atoms with Gasteiger partial charge in [-0.2, -0.15) is 15.0 Å². The van der Waals surface area contributed by atoms with Crippen LogP contribution in [0.25, 0.3) is 11.4 Å². The number of nitrogens with one attached hydrogen (secondary N) is 2. The number of hydrogen-bond acceptors (Lipinski definition) is 8. The number of hydrogen-bond donors (Lipinski definition) is 2. The summed E-state index contributed by atoms with van der Waals surface area (Å²) in [5, 5.41) is 5.96. The van der Waals surface area contributed by atoms with Gasteiger partial charge >= 0.3 is 6.03 Å². The molecule has 2 amide bonds. The summed E-state index contributed by atoms with van der Waals surface area (Å²) in [7, 11) is 0. The number of ether oxygens (including phenoxy) is 1. The maximum atomic E-state index is 12.9. The predicted molar refractivity (Wildman–Crippen MR) is 175 cm³/mol. The number of piperidine rings is 3. The van der Waals surface area contributed by atoms with Crippen molar-refractivity contribution >= 4 is 29.3 Å². The molecular weight excluding hydrogens is 552 g/mol. The van der Waals surface area contributed by atoms with Gasteiger partial charge in [0.1, 0.15) is 0 Å². The van der Waals surface area contributed by atoms with Crippen LogP contribution in [-0.2, 0) is 10.2 Å². The Balaban J connectivity index is 1.05. The third-order valence-electron chi connectivity index (χ3n) is 10.3. The number of morpholine rings is 1. The van der Waals surface area contributed by atoms with E-state index in [1.807, 2.05) is 36.4 Å². The third kappa shape index (κ3) is 5.73. The van der Waals surface area contributed by atoms with Crippen molar-refractivity contribution in [2.24, 2.45) is 0 Å². The van der Waals surface area contributed by atoms with Gasteiger partial charge in [-0.25, -0.2) is 4.79 Å². The van der Waals surface area contributed by atoms with Crippen LogP contribution in [0.3, 0.4) is 0 Å². The van der Waals surface area contributed by atoms with Gasteiger partial charge in [0.2, 0.25) is 11.9 Å². The molecule has 2 bridgehead atoms. The lowest BCUT2D eigenvalue weighted by molar-refractivity contribution is 0.0818. The van der Waals surface area contributed by atoms with E-state index < -0.39 is 0 Å². The number of benzene rings is 2. The summed E-state index contributed by atoms with van der Waals surface area (Å²) >= 11 is 0. The predicted octanol–water partition coefficient (Wildman–Crippen LogP) is 5.52. The van der Waals surface area contributed by atoms with E-state index in [0.717, 1.165) is 36.6 Å². The molecule has 3 unspecified atom stereocenters. The fourth-order valence-electron chi connectivity index (χ4n) is 7.50. The maximum absolute atomic E-state index is 12.9. The normalized spacial score (nSPS) is 28.2. The van der Waals surface area contributed by atoms with E-state index in [1.165, 1.54) is 44.5 Å². The molecular formula is C34H44N8O2. The Morgan fingerprint density at radius 1 is 0.773 bits per heavy atom. The molecule has 6 heterocycles. The zero-order valence-electron chi connectivity index (χ0n) is 26.1. The number of carbonyl (C=O) groups is 1. The lowest BCUT2D eigenvalue weighted by Crippen LogP contribution is -2.50. The van der Waals surface area contributed by atoms with Crippen molar-refractivity contribution in [3.63, 3.8) is 0 Å². The summed E-state index contributed by atoms with van der Waals surface area (Å²) in [6.45, 7) is 12.3. The molecule has 44 heavy (non-hydrogen) atoms. The van der Waals surface area contributed by atoms with Gasteiger partial charge in [-0.15, -0.1) is 0 Å². The summed E-state index contributed by atoms with van der Waals surface area (Å²) in [5.41, 5.74) is 4.08. The minimum Gasteiger partial charge on any atom is -0.377 e. The number of urea groups is 1. The van der Waals surface area contributed by atoms with E-state index in [2.05, 4.69) is 58.2 Å². The molecule has 0 aliphatic carbocycles. The fraction of sp³-hybridized carbons (Fsp3) is 0.529. The molecule has 8 rings (SSSR count). The maximum Gasteiger partial charge on any atom is 0.323 e. The number of amides is 2. The second kappa shape index (κ2) is 12.0. The molecule has 0 radical (unpaired) electrons. The Labute approximate surface area is 260 Å². The Morgan fingerprint density at radius 2 is 1.36 bits per heavy atom. The number of rotatable bonds is 6. The number of aromatic nitrogens is 3. The summed E-state index contributed by atoms with van der Waals surface area (Å²) in [4.78, 5) is 34.8. The van der Waals surface area contributed by atoms with Crippen LogP contribution in [0.5, 0.6) is 0 Å². The summed E-state index contributed by atoms with van der Waals surface area (Å²) in [5.74, 6) is 2.05. The summed E-state index contributed by atoms with van der Waals surface area (Å²) < 4.78 is 5.67. The van der Waals surface area contributed by atoms with Crippen molar-refractivity contribution in [3.8, 4) is 11.4 Å². The molecule has 3 atom stereocenters. The van der Waals surface area contributed by atoms with E-state index >= 15 is 0 Å². The van der Waals surface area contributed by atoms with Crippen molar-refractivity contribution in [2.45, 2.75) is 76.4 Å². The van der Waals surface area contributed by atoms with Gasteiger partial charge in [-0.3, -0.25) is 0 Å². The van der Waals surface area contributed by atoms with Crippen molar-refractivity contribution in [2.75, 3.05) is 59.8 Å². The molecule has 10 heteroatoms. The van der Waals surface area contributed by atoms with Gasteiger partial charge in [0.25, 0.3) is 0 Å². The highest BCUT2D eigenvalue weighted by molar-refractivity contribution is 5.99. The molecule has 5 aliphatic heterocycles. The summed E-state index contributed by atoms with van der Waals surface area (Å²) in [6, 6.07) is 16.8. The second-order valence-electron chi connectivity index (χ2n) is 13.2. The van der Waals surface area contributed by atoms with Crippen molar-refractivity contribution in [1.29, 1.82) is 0 Å². The Hall–Kier alpha value is -3.76. The molecule has 1 aromatic heterocycles. The van der Waals surface area contributed by atoms with Gasteiger partial charge in [0.05, 0.1) is 19.3 Å². The molecule has 10 nitrogen and oxygen atoms in total. The first-order valence-electron chi connectivity index (χ1n) is 16.3. The van der Waals surface area contributed by atoms with E-state index in [0.29, 0.717) is 48.2 Å². The van der Waals surface area contributed by atoms with Crippen molar-refractivity contribution in [1.82, 2.24) is 19.9 Å². The van der Waals surface area contributed by atoms with Crippen LogP contribution in [-0.4, -0.2) is 83.4 Å². The largest absolute Gasteiger partial charge is 0.377 e. The van der Waals surface area contributed by atoms with Gasteiger partial charge in [0.15, 0.2) is 5.82 Å². The molecule has 2 N–H and O–H groups in total. The smallest absolute Gasteiger partial charge is 0.323 e. The Morgan fingerprint density at radius 3 is 1.98 bits per heavy atom. The number of fused-ring (bicyclic) bond motifs is 3. The SMILES string of the molecule is CC1COCCN1c1nc(-c2ccc(NC(=O)Nc3ccc(C45CCN(CC4)CC5)cc3)cc2)nc(N2C(C)CCC2C)n1. The van der Waals surface area contributed by atoms with Crippen LogP contribution in [0.4, 0.5) is 28.1 Å².